The molecule has 4 nitrogen and oxygen atoms in total. The summed E-state index contributed by atoms with van der Waals surface area (Å²) in [6.45, 7) is 21.7. The molecule has 37 heavy (non-hydrogen) atoms. The van der Waals surface area contributed by atoms with Crippen molar-refractivity contribution >= 4 is 13.1 Å². The molecule has 3 N–H and O–H groups in total. The number of hydrogen-bond acceptors (Lipinski definition) is 4. The SMILES string of the molecule is C#C.C=O.CC.CC(C)(O)C1=CC(F)=CC1.CC(C)c1cc(F)cc(C(C)C)c1CC=O.CCC.CN. The molecular formula is C31H53F2NO3. The lowest BCUT2D eigenvalue weighted by Gasteiger charge is -2.18. The van der Waals surface area contributed by atoms with Crippen LogP contribution in [0.4, 0.5) is 8.78 Å². The molecule has 1 aromatic rings. The molecule has 214 valence electrons. The van der Waals surface area contributed by atoms with E-state index in [9.17, 15) is 18.7 Å². The van der Waals surface area contributed by atoms with E-state index in [1.54, 1.807) is 26.0 Å². The number of carbonyl (C=O) groups excluding carboxylic acids is 2. The predicted molar refractivity (Wildman–Crippen MR) is 157 cm³/mol. The number of nitrogens with two attached hydrogens (primary N) is 1. The van der Waals surface area contributed by atoms with Gasteiger partial charge < -0.3 is 20.4 Å². The molecule has 1 aliphatic rings. The Labute approximate surface area is 226 Å². The normalized spacial score (nSPS) is 10.9. The van der Waals surface area contributed by atoms with Crippen LogP contribution in [-0.4, -0.2) is 30.8 Å². The van der Waals surface area contributed by atoms with Gasteiger partial charge >= 0.3 is 0 Å². The van der Waals surface area contributed by atoms with Gasteiger partial charge in [-0.2, -0.15) is 0 Å². The first-order chi connectivity index (χ1) is 17.4. The third kappa shape index (κ3) is 21.2. The minimum atomic E-state index is -0.871. The second kappa shape index (κ2) is 28.0. The van der Waals surface area contributed by atoms with Crippen molar-refractivity contribution in [3.63, 3.8) is 0 Å². The van der Waals surface area contributed by atoms with E-state index in [1.165, 1.54) is 25.6 Å². The number of allylic oxidation sites excluding steroid dienone is 3. The number of rotatable bonds is 5. The minimum absolute atomic E-state index is 0.206. The number of aliphatic hydroxyl groups is 1. The van der Waals surface area contributed by atoms with E-state index in [-0.39, 0.29) is 23.5 Å². The van der Waals surface area contributed by atoms with Crippen LogP contribution in [0.2, 0.25) is 0 Å². The van der Waals surface area contributed by atoms with Crippen molar-refractivity contribution in [3.05, 3.63) is 58.2 Å². The van der Waals surface area contributed by atoms with Crippen LogP contribution in [0.25, 0.3) is 0 Å². The molecular weight excluding hydrogens is 472 g/mol. The summed E-state index contributed by atoms with van der Waals surface area (Å²) >= 11 is 0. The van der Waals surface area contributed by atoms with Gasteiger partial charge in [0, 0.05) is 6.42 Å². The van der Waals surface area contributed by atoms with E-state index in [2.05, 4.69) is 32.4 Å². The second-order valence-electron chi connectivity index (χ2n) is 8.47. The highest BCUT2D eigenvalue weighted by Gasteiger charge is 2.21. The van der Waals surface area contributed by atoms with E-state index >= 15 is 0 Å². The Hall–Kier alpha value is -2.62. The molecule has 0 fully saturated rings. The minimum Gasteiger partial charge on any atom is -0.386 e. The standard InChI is InChI=1S/C14H19FO.C8H11FO.C3H8.C2H6.C2H2.CH5N.CH2O/c1-9(2)13-7-11(15)8-14(10(3)4)12(13)5-6-16;1-8(2,10)6-3-4-7(9)5-6;1-3-2;4*1-2/h6-10H,5H2,1-4H3;4-5,10H,3H2,1-2H3;3H2,1-2H3;1-2H3;1-2H;2H2,1H3;1H2. The van der Waals surface area contributed by atoms with Crippen molar-refractivity contribution in [3.8, 4) is 12.8 Å². The van der Waals surface area contributed by atoms with Crippen molar-refractivity contribution in [2.75, 3.05) is 7.05 Å². The van der Waals surface area contributed by atoms with Crippen LogP contribution in [0.3, 0.4) is 0 Å². The molecule has 0 spiro atoms. The smallest absolute Gasteiger partial charge is 0.124 e. The fourth-order valence-electron chi connectivity index (χ4n) is 2.95. The van der Waals surface area contributed by atoms with Crippen LogP contribution in [0.15, 0.2) is 35.7 Å². The first kappa shape index (κ1) is 44.4. The van der Waals surface area contributed by atoms with E-state index in [0.29, 0.717) is 12.8 Å². The second-order valence-corrected chi connectivity index (χ2v) is 8.47. The highest BCUT2D eigenvalue weighted by molar-refractivity contribution is 5.58. The van der Waals surface area contributed by atoms with Crippen molar-refractivity contribution in [2.45, 2.75) is 106 Å². The average molecular weight is 526 g/mol. The maximum Gasteiger partial charge on any atom is 0.124 e. The Morgan fingerprint density at radius 3 is 1.57 bits per heavy atom. The molecule has 0 unspecified atom stereocenters. The summed E-state index contributed by atoms with van der Waals surface area (Å²) in [5.41, 5.74) is 7.28. The van der Waals surface area contributed by atoms with Crippen molar-refractivity contribution in [1.82, 2.24) is 0 Å². The Balaban J connectivity index is -0.000000139. The summed E-state index contributed by atoms with van der Waals surface area (Å²) in [5, 5.41) is 9.37. The topological polar surface area (TPSA) is 80.4 Å². The summed E-state index contributed by atoms with van der Waals surface area (Å²) in [6.07, 6.45) is 13.9. The third-order valence-electron chi connectivity index (χ3n) is 4.43. The highest BCUT2D eigenvalue weighted by Crippen LogP contribution is 2.29. The van der Waals surface area contributed by atoms with Gasteiger partial charge in [0.1, 0.15) is 24.7 Å². The van der Waals surface area contributed by atoms with Gasteiger partial charge in [-0.3, -0.25) is 0 Å². The van der Waals surface area contributed by atoms with Crippen LogP contribution in [0, 0.1) is 18.7 Å². The summed E-state index contributed by atoms with van der Waals surface area (Å²) in [7, 11) is 1.50. The van der Waals surface area contributed by atoms with Gasteiger partial charge in [-0.25, -0.2) is 8.78 Å². The predicted octanol–water partition coefficient (Wildman–Crippen LogP) is 7.84. The van der Waals surface area contributed by atoms with Gasteiger partial charge in [0.25, 0.3) is 0 Å². The molecule has 0 heterocycles. The van der Waals surface area contributed by atoms with E-state index < -0.39 is 5.60 Å². The van der Waals surface area contributed by atoms with E-state index in [1.807, 2.05) is 48.3 Å². The van der Waals surface area contributed by atoms with Crippen LogP contribution >= 0.6 is 0 Å². The van der Waals surface area contributed by atoms with Crippen LogP contribution < -0.4 is 5.73 Å². The van der Waals surface area contributed by atoms with E-state index in [0.717, 1.165) is 28.5 Å². The van der Waals surface area contributed by atoms with Gasteiger partial charge in [-0.15, -0.1) is 12.8 Å². The zero-order valence-electron chi connectivity index (χ0n) is 25.1. The Morgan fingerprint density at radius 2 is 1.38 bits per heavy atom. The summed E-state index contributed by atoms with van der Waals surface area (Å²) in [4.78, 5) is 18.7. The van der Waals surface area contributed by atoms with E-state index in [4.69, 9.17) is 4.79 Å². The number of aldehydes is 1. The first-order valence-electron chi connectivity index (χ1n) is 12.6. The molecule has 6 heteroatoms. The molecule has 1 aliphatic carbocycles. The van der Waals surface area contributed by atoms with Gasteiger partial charge in [0.15, 0.2) is 0 Å². The molecule has 0 radical (unpaired) electrons. The zero-order valence-corrected chi connectivity index (χ0v) is 25.1. The first-order valence-corrected chi connectivity index (χ1v) is 12.6. The third-order valence-corrected chi connectivity index (χ3v) is 4.43. The Morgan fingerprint density at radius 1 is 1.03 bits per heavy atom. The molecule has 0 bridgehead atoms. The van der Waals surface area contributed by atoms with Gasteiger partial charge in [0.2, 0.25) is 0 Å². The molecule has 0 saturated carbocycles. The molecule has 0 saturated heterocycles. The fourth-order valence-corrected chi connectivity index (χ4v) is 2.95. The van der Waals surface area contributed by atoms with Gasteiger partial charge in [-0.05, 0) is 85.7 Å². The molecule has 1 aromatic carbocycles. The van der Waals surface area contributed by atoms with Crippen molar-refractivity contribution < 1.29 is 23.5 Å². The lowest BCUT2D eigenvalue weighted by molar-refractivity contribution is -0.107. The molecule has 0 atom stereocenters. The molecule has 2 rings (SSSR count). The summed E-state index contributed by atoms with van der Waals surface area (Å²) in [6, 6.07) is 3.10. The Bertz CT molecular complexity index is 745. The number of hydrogen-bond donors (Lipinski definition) is 2. The van der Waals surface area contributed by atoms with Crippen LogP contribution in [0.1, 0.15) is 111 Å². The van der Waals surface area contributed by atoms with Gasteiger partial charge in [0.05, 0.1) is 5.60 Å². The lowest BCUT2D eigenvalue weighted by Crippen LogP contribution is -2.20. The lowest BCUT2D eigenvalue weighted by atomic mass is 9.87. The summed E-state index contributed by atoms with van der Waals surface area (Å²) < 4.78 is 25.9. The van der Waals surface area contributed by atoms with Crippen LogP contribution in [-0.2, 0) is 16.0 Å². The van der Waals surface area contributed by atoms with Gasteiger partial charge in [-0.1, -0.05) is 61.8 Å². The number of halogens is 2. The summed E-state index contributed by atoms with van der Waals surface area (Å²) in [5.74, 6) is 0.0328. The Kier molecular flexibility index (Phi) is 33.5. The maximum absolute atomic E-state index is 13.5. The van der Waals surface area contributed by atoms with Crippen LogP contribution in [0.5, 0.6) is 0 Å². The number of carbonyl (C=O) groups is 2. The molecule has 0 aliphatic heterocycles. The maximum atomic E-state index is 13.5. The highest BCUT2D eigenvalue weighted by atomic mass is 19.1. The number of benzene rings is 1. The average Bonchev–Trinajstić information content (AvgIpc) is 3.33. The van der Waals surface area contributed by atoms with Crippen molar-refractivity contribution in [1.29, 1.82) is 0 Å². The largest absolute Gasteiger partial charge is 0.386 e. The fraction of sp³-hybridized carbons (Fsp3) is 0.548. The quantitative estimate of drug-likeness (QED) is 0.303. The molecule has 0 aromatic heterocycles. The number of terminal acetylenes is 1. The molecule has 0 amide bonds. The zero-order chi connectivity index (χ0) is 30.8. The van der Waals surface area contributed by atoms with Crippen molar-refractivity contribution in [2.24, 2.45) is 5.73 Å². The monoisotopic (exact) mass is 525 g/mol.